The predicted molar refractivity (Wildman–Crippen MR) is 126 cm³/mol. The molecule has 0 radical (unpaired) electrons. The summed E-state index contributed by atoms with van der Waals surface area (Å²) < 4.78 is 3.05. The van der Waals surface area contributed by atoms with Gasteiger partial charge >= 0.3 is 6.03 Å². The molecule has 6 heteroatoms. The second-order valence-electron chi connectivity index (χ2n) is 6.61. The highest BCUT2D eigenvalue weighted by atomic mass is 79.9. The lowest BCUT2D eigenvalue weighted by Gasteiger charge is -2.11. The topological polar surface area (TPSA) is 58.4 Å². The third kappa shape index (κ3) is 5.23. The second-order valence-corrected chi connectivity index (χ2v) is 7.46. The number of halogens is 1. The Morgan fingerprint density at radius 3 is 2.83 bits per heavy atom. The number of aliphatic imine (C=N–C) groups is 1. The molecule has 3 aromatic rings. The minimum atomic E-state index is -0.286. The number of nitrogens with one attached hydrogen (secondary N) is 2. The van der Waals surface area contributed by atoms with Gasteiger partial charge in [0.05, 0.1) is 11.2 Å². The molecule has 2 aromatic carbocycles. The van der Waals surface area contributed by atoms with E-state index in [4.69, 9.17) is 0 Å². The zero-order valence-corrected chi connectivity index (χ0v) is 18.0. The minimum Gasteiger partial charge on any atom is -0.343 e. The molecule has 0 spiro atoms. The van der Waals surface area contributed by atoms with Crippen molar-refractivity contribution in [2.45, 2.75) is 20.4 Å². The van der Waals surface area contributed by atoms with Gasteiger partial charge in [-0.2, -0.15) is 0 Å². The SMILES string of the molecule is C=C(/C=C\N=CC)Cn1ccc2c(NC(=O)Nc3ccc(C)c(Br)c3)cccc21. The van der Waals surface area contributed by atoms with Gasteiger partial charge < -0.3 is 15.2 Å². The van der Waals surface area contributed by atoms with Gasteiger partial charge in [-0.15, -0.1) is 0 Å². The molecule has 0 aliphatic heterocycles. The monoisotopic (exact) mass is 450 g/mol. The Balaban J connectivity index is 1.75. The van der Waals surface area contributed by atoms with E-state index in [1.54, 1.807) is 12.4 Å². The first-order valence-corrected chi connectivity index (χ1v) is 10.0. The summed E-state index contributed by atoms with van der Waals surface area (Å²) in [6, 6.07) is 13.3. The van der Waals surface area contributed by atoms with Crippen LogP contribution in [0.4, 0.5) is 16.2 Å². The molecular formula is C23H23BrN4O. The van der Waals surface area contributed by atoms with Crippen LogP contribution in [0.3, 0.4) is 0 Å². The van der Waals surface area contributed by atoms with Crippen LogP contribution in [0.5, 0.6) is 0 Å². The molecule has 3 rings (SSSR count). The van der Waals surface area contributed by atoms with Gasteiger partial charge in [0.2, 0.25) is 0 Å². The molecule has 0 aliphatic rings. The van der Waals surface area contributed by atoms with Crippen molar-refractivity contribution >= 4 is 50.5 Å². The molecular weight excluding hydrogens is 428 g/mol. The van der Waals surface area contributed by atoms with Gasteiger partial charge in [-0.1, -0.05) is 34.6 Å². The summed E-state index contributed by atoms with van der Waals surface area (Å²) >= 11 is 3.48. The van der Waals surface area contributed by atoms with Crippen LogP contribution in [0.1, 0.15) is 12.5 Å². The van der Waals surface area contributed by atoms with Crippen LogP contribution in [-0.4, -0.2) is 16.8 Å². The van der Waals surface area contributed by atoms with Gasteiger partial charge in [0.25, 0.3) is 0 Å². The molecule has 29 heavy (non-hydrogen) atoms. The third-order valence-corrected chi connectivity index (χ3v) is 5.26. The Bertz CT molecular complexity index is 1110. The number of fused-ring (bicyclic) bond motifs is 1. The molecule has 0 fully saturated rings. The van der Waals surface area contributed by atoms with Crippen LogP contribution < -0.4 is 10.6 Å². The zero-order valence-electron chi connectivity index (χ0n) is 16.4. The van der Waals surface area contributed by atoms with Crippen molar-refractivity contribution < 1.29 is 4.79 Å². The maximum atomic E-state index is 12.5. The van der Waals surface area contributed by atoms with Crippen LogP contribution in [0.2, 0.25) is 0 Å². The summed E-state index contributed by atoms with van der Waals surface area (Å²) in [5.74, 6) is 0. The maximum absolute atomic E-state index is 12.5. The van der Waals surface area contributed by atoms with Crippen LogP contribution in [0, 0.1) is 6.92 Å². The summed E-state index contributed by atoms with van der Waals surface area (Å²) in [7, 11) is 0. The first-order valence-electron chi connectivity index (χ1n) is 9.22. The van der Waals surface area contributed by atoms with E-state index in [1.807, 2.05) is 68.6 Å². The van der Waals surface area contributed by atoms with Crippen molar-refractivity contribution in [3.63, 3.8) is 0 Å². The van der Waals surface area contributed by atoms with E-state index >= 15 is 0 Å². The molecule has 1 aromatic heterocycles. The number of rotatable bonds is 6. The average molecular weight is 451 g/mol. The molecule has 0 bridgehead atoms. The molecule has 2 N–H and O–H groups in total. The second kappa shape index (κ2) is 9.39. The summed E-state index contributed by atoms with van der Waals surface area (Å²) in [5, 5.41) is 6.78. The molecule has 0 saturated heterocycles. The molecule has 1 heterocycles. The van der Waals surface area contributed by atoms with Gasteiger partial charge in [-0.05, 0) is 61.4 Å². The number of hydrogen-bond acceptors (Lipinski definition) is 2. The number of benzene rings is 2. The van der Waals surface area contributed by atoms with E-state index in [2.05, 4.69) is 42.7 Å². The van der Waals surface area contributed by atoms with Gasteiger partial charge in [0, 0.05) is 40.7 Å². The highest BCUT2D eigenvalue weighted by Crippen LogP contribution is 2.26. The van der Waals surface area contributed by atoms with Crippen LogP contribution in [0.25, 0.3) is 10.9 Å². The Morgan fingerprint density at radius 1 is 1.24 bits per heavy atom. The normalized spacial score (nSPS) is 11.4. The van der Waals surface area contributed by atoms with Gasteiger partial charge in [-0.3, -0.25) is 4.99 Å². The van der Waals surface area contributed by atoms with Crippen molar-refractivity contribution in [2.24, 2.45) is 4.99 Å². The van der Waals surface area contributed by atoms with E-state index in [1.165, 1.54) is 0 Å². The fourth-order valence-electron chi connectivity index (χ4n) is 2.93. The number of carbonyl (C=O) groups excluding carboxylic acids is 1. The van der Waals surface area contributed by atoms with Crippen LogP contribution in [0.15, 0.2) is 82.6 Å². The summed E-state index contributed by atoms with van der Waals surface area (Å²) in [5.41, 5.74) is 4.55. The maximum Gasteiger partial charge on any atom is 0.323 e. The lowest BCUT2D eigenvalue weighted by molar-refractivity contribution is 0.262. The predicted octanol–water partition coefficient (Wildman–Crippen LogP) is 6.52. The van der Waals surface area contributed by atoms with Crippen molar-refractivity contribution in [3.05, 3.63) is 83.1 Å². The molecule has 0 aliphatic carbocycles. The lowest BCUT2D eigenvalue weighted by atomic mass is 10.2. The van der Waals surface area contributed by atoms with Crippen molar-refractivity contribution in [2.75, 3.05) is 10.6 Å². The number of nitrogens with zero attached hydrogens (tertiary/aromatic N) is 2. The Morgan fingerprint density at radius 2 is 2.07 bits per heavy atom. The zero-order chi connectivity index (χ0) is 20.8. The fourth-order valence-corrected chi connectivity index (χ4v) is 3.31. The van der Waals surface area contributed by atoms with Crippen molar-refractivity contribution in [3.8, 4) is 0 Å². The van der Waals surface area contributed by atoms with Crippen LogP contribution >= 0.6 is 15.9 Å². The highest BCUT2D eigenvalue weighted by molar-refractivity contribution is 9.10. The molecule has 0 atom stereocenters. The average Bonchev–Trinajstić information content (AvgIpc) is 3.09. The quantitative estimate of drug-likeness (QED) is 0.326. The number of urea groups is 1. The van der Waals surface area contributed by atoms with E-state index in [-0.39, 0.29) is 6.03 Å². The molecule has 148 valence electrons. The van der Waals surface area contributed by atoms with Gasteiger partial charge in [-0.25, -0.2) is 4.79 Å². The number of anilines is 2. The molecule has 0 saturated carbocycles. The van der Waals surface area contributed by atoms with E-state index in [0.29, 0.717) is 6.54 Å². The Hall–Kier alpha value is -3.12. The summed E-state index contributed by atoms with van der Waals surface area (Å²) in [4.78, 5) is 16.5. The number of hydrogen-bond donors (Lipinski definition) is 2. The number of carbonyl (C=O) groups is 1. The van der Waals surface area contributed by atoms with Crippen LogP contribution in [-0.2, 0) is 6.54 Å². The number of amides is 2. The van der Waals surface area contributed by atoms with E-state index < -0.39 is 0 Å². The largest absolute Gasteiger partial charge is 0.343 e. The van der Waals surface area contributed by atoms with Crippen molar-refractivity contribution in [1.29, 1.82) is 0 Å². The third-order valence-electron chi connectivity index (χ3n) is 4.41. The highest BCUT2D eigenvalue weighted by Gasteiger charge is 2.09. The number of aromatic nitrogens is 1. The van der Waals surface area contributed by atoms with E-state index in [0.717, 1.165) is 37.9 Å². The standard InChI is InChI=1S/C23H23BrN4O/c1-4-25-12-10-16(2)15-28-13-11-19-21(6-5-7-22(19)28)27-23(29)26-18-9-8-17(3)20(24)14-18/h4-14H,2,15H2,1,3H3,(H2,26,27,29)/b12-10-,25-4?. The lowest BCUT2D eigenvalue weighted by Crippen LogP contribution is -2.19. The minimum absolute atomic E-state index is 0.286. The Labute approximate surface area is 179 Å². The first-order chi connectivity index (χ1) is 14.0. The first kappa shape index (κ1) is 20.6. The van der Waals surface area contributed by atoms with Gasteiger partial charge in [0.15, 0.2) is 0 Å². The molecule has 5 nitrogen and oxygen atoms in total. The molecule has 2 amide bonds. The fraction of sp³-hybridized carbons (Fsp3) is 0.130. The smallest absolute Gasteiger partial charge is 0.323 e. The van der Waals surface area contributed by atoms with Crippen molar-refractivity contribution in [1.82, 2.24) is 4.57 Å². The number of allylic oxidation sites excluding steroid dienone is 2. The van der Waals surface area contributed by atoms with E-state index in [9.17, 15) is 4.79 Å². The summed E-state index contributed by atoms with van der Waals surface area (Å²) in [6.45, 7) is 8.59. The van der Waals surface area contributed by atoms with Gasteiger partial charge in [0.1, 0.15) is 0 Å². The molecule has 0 unspecified atom stereocenters. The number of aryl methyl sites for hydroxylation is 1. The Kier molecular flexibility index (Phi) is 6.67. The summed E-state index contributed by atoms with van der Waals surface area (Å²) in [6.07, 6.45) is 7.34.